The lowest BCUT2D eigenvalue weighted by Crippen LogP contribution is -2.20. The first kappa shape index (κ1) is 11.1. The summed E-state index contributed by atoms with van der Waals surface area (Å²) in [6.45, 7) is 1.39. The van der Waals surface area contributed by atoms with Gasteiger partial charge in [-0.3, -0.25) is 4.79 Å². The SMILES string of the molecule is CC(=O)O[C@H](CCl)Cc1ccccc1. The smallest absolute Gasteiger partial charge is 0.302 e. The maximum absolute atomic E-state index is 10.7. The van der Waals surface area contributed by atoms with Gasteiger partial charge in [0.15, 0.2) is 0 Å². The van der Waals surface area contributed by atoms with E-state index in [0.717, 1.165) is 5.56 Å². The molecule has 0 radical (unpaired) electrons. The molecular formula is C11H13ClO2. The Bertz CT molecular complexity index is 285. The fraction of sp³-hybridized carbons (Fsp3) is 0.364. The molecule has 0 aliphatic heterocycles. The van der Waals surface area contributed by atoms with E-state index >= 15 is 0 Å². The molecule has 0 fully saturated rings. The molecule has 14 heavy (non-hydrogen) atoms. The number of rotatable bonds is 4. The van der Waals surface area contributed by atoms with E-state index in [2.05, 4.69) is 0 Å². The summed E-state index contributed by atoms with van der Waals surface area (Å²) in [6.07, 6.45) is 0.445. The summed E-state index contributed by atoms with van der Waals surface area (Å²) >= 11 is 5.68. The lowest BCUT2D eigenvalue weighted by Gasteiger charge is -2.13. The zero-order chi connectivity index (χ0) is 10.4. The summed E-state index contributed by atoms with van der Waals surface area (Å²) in [7, 11) is 0. The van der Waals surface area contributed by atoms with E-state index in [1.54, 1.807) is 0 Å². The van der Waals surface area contributed by atoms with Crippen molar-refractivity contribution in [1.29, 1.82) is 0 Å². The zero-order valence-electron chi connectivity index (χ0n) is 8.07. The minimum Gasteiger partial charge on any atom is -0.461 e. The molecule has 1 rings (SSSR count). The van der Waals surface area contributed by atoms with Crippen LogP contribution in [0.4, 0.5) is 0 Å². The second-order valence-corrected chi connectivity index (χ2v) is 3.38. The molecule has 0 saturated carbocycles. The number of carbonyl (C=O) groups is 1. The average Bonchev–Trinajstić information content (AvgIpc) is 2.17. The summed E-state index contributed by atoms with van der Waals surface area (Å²) < 4.78 is 5.03. The van der Waals surface area contributed by atoms with E-state index in [1.807, 2.05) is 30.3 Å². The van der Waals surface area contributed by atoms with E-state index in [4.69, 9.17) is 16.3 Å². The van der Waals surface area contributed by atoms with E-state index in [1.165, 1.54) is 6.92 Å². The number of alkyl halides is 1. The number of carbonyl (C=O) groups excluding carboxylic acids is 1. The third-order valence-electron chi connectivity index (χ3n) is 1.81. The van der Waals surface area contributed by atoms with Crippen molar-refractivity contribution in [3.63, 3.8) is 0 Å². The molecule has 0 saturated heterocycles. The van der Waals surface area contributed by atoms with E-state index in [0.29, 0.717) is 12.3 Å². The number of benzene rings is 1. The fourth-order valence-corrected chi connectivity index (χ4v) is 1.41. The van der Waals surface area contributed by atoms with Crippen molar-refractivity contribution < 1.29 is 9.53 Å². The van der Waals surface area contributed by atoms with Gasteiger partial charge in [-0.15, -0.1) is 11.6 Å². The van der Waals surface area contributed by atoms with Crippen molar-refractivity contribution in [2.75, 3.05) is 5.88 Å². The minimum atomic E-state index is -0.286. The topological polar surface area (TPSA) is 26.3 Å². The van der Waals surface area contributed by atoms with Crippen LogP contribution in [0.5, 0.6) is 0 Å². The molecule has 1 atom stereocenters. The van der Waals surface area contributed by atoms with Crippen LogP contribution in [0.15, 0.2) is 30.3 Å². The zero-order valence-corrected chi connectivity index (χ0v) is 8.83. The highest BCUT2D eigenvalue weighted by atomic mass is 35.5. The summed E-state index contributed by atoms with van der Waals surface area (Å²) in [5.74, 6) is 0.0423. The van der Waals surface area contributed by atoms with Crippen LogP contribution >= 0.6 is 11.6 Å². The molecule has 76 valence electrons. The lowest BCUT2D eigenvalue weighted by molar-refractivity contribution is -0.145. The summed E-state index contributed by atoms with van der Waals surface area (Å²) in [5.41, 5.74) is 1.12. The van der Waals surface area contributed by atoms with Gasteiger partial charge in [0.25, 0.3) is 0 Å². The van der Waals surface area contributed by atoms with Crippen LogP contribution in [0, 0.1) is 0 Å². The van der Waals surface area contributed by atoms with Crippen molar-refractivity contribution in [3.8, 4) is 0 Å². The van der Waals surface area contributed by atoms with Crippen LogP contribution in [0.1, 0.15) is 12.5 Å². The molecule has 0 unspecified atom stereocenters. The van der Waals surface area contributed by atoms with Gasteiger partial charge in [0.1, 0.15) is 6.10 Å². The Hall–Kier alpha value is -1.02. The van der Waals surface area contributed by atoms with Crippen LogP contribution in [0.25, 0.3) is 0 Å². The van der Waals surface area contributed by atoms with Gasteiger partial charge in [-0.25, -0.2) is 0 Å². The van der Waals surface area contributed by atoms with Gasteiger partial charge in [0.2, 0.25) is 0 Å². The predicted octanol–water partition coefficient (Wildman–Crippen LogP) is 2.40. The van der Waals surface area contributed by atoms with Crippen molar-refractivity contribution in [1.82, 2.24) is 0 Å². The first-order valence-corrected chi connectivity index (χ1v) is 5.03. The number of ether oxygens (including phenoxy) is 1. The highest BCUT2D eigenvalue weighted by Crippen LogP contribution is 2.07. The molecule has 1 aromatic carbocycles. The van der Waals surface area contributed by atoms with Gasteiger partial charge in [0, 0.05) is 13.3 Å². The number of hydrogen-bond donors (Lipinski definition) is 0. The van der Waals surface area contributed by atoms with E-state index in [9.17, 15) is 4.79 Å². The quantitative estimate of drug-likeness (QED) is 0.566. The van der Waals surface area contributed by atoms with Crippen LogP contribution in [0.2, 0.25) is 0 Å². The Morgan fingerprint density at radius 3 is 2.57 bits per heavy atom. The number of hydrogen-bond acceptors (Lipinski definition) is 2. The minimum absolute atomic E-state index is 0.225. The van der Waals surface area contributed by atoms with Crippen LogP contribution in [0.3, 0.4) is 0 Å². The largest absolute Gasteiger partial charge is 0.461 e. The third kappa shape index (κ3) is 3.79. The molecule has 0 aliphatic carbocycles. The standard InChI is InChI=1S/C11H13ClO2/c1-9(13)14-11(8-12)7-10-5-3-2-4-6-10/h2-6,11H,7-8H2,1H3/t11-/m0/s1. The molecular weight excluding hydrogens is 200 g/mol. The van der Waals surface area contributed by atoms with Gasteiger partial charge < -0.3 is 4.74 Å². The van der Waals surface area contributed by atoms with Crippen LogP contribution in [-0.4, -0.2) is 18.0 Å². The molecule has 2 nitrogen and oxygen atoms in total. The number of esters is 1. The van der Waals surface area contributed by atoms with E-state index in [-0.39, 0.29) is 12.1 Å². The van der Waals surface area contributed by atoms with Crippen molar-refractivity contribution in [3.05, 3.63) is 35.9 Å². The highest BCUT2D eigenvalue weighted by Gasteiger charge is 2.10. The maximum Gasteiger partial charge on any atom is 0.302 e. The first-order valence-electron chi connectivity index (χ1n) is 4.49. The van der Waals surface area contributed by atoms with Gasteiger partial charge in [-0.05, 0) is 5.56 Å². The lowest BCUT2D eigenvalue weighted by atomic mass is 10.1. The second-order valence-electron chi connectivity index (χ2n) is 3.08. The fourth-order valence-electron chi connectivity index (χ4n) is 1.24. The third-order valence-corrected chi connectivity index (χ3v) is 2.16. The molecule has 0 bridgehead atoms. The molecule has 0 aliphatic rings. The summed E-state index contributed by atoms with van der Waals surface area (Å²) in [4.78, 5) is 10.7. The van der Waals surface area contributed by atoms with Gasteiger partial charge in [0.05, 0.1) is 5.88 Å². The van der Waals surface area contributed by atoms with Crippen molar-refractivity contribution in [2.45, 2.75) is 19.4 Å². The Kier molecular flexibility index (Phi) is 4.47. The average molecular weight is 213 g/mol. The monoisotopic (exact) mass is 212 g/mol. The Labute approximate surface area is 88.8 Å². The molecule has 0 spiro atoms. The second kappa shape index (κ2) is 5.66. The van der Waals surface area contributed by atoms with Crippen molar-refractivity contribution in [2.24, 2.45) is 0 Å². The summed E-state index contributed by atoms with van der Waals surface area (Å²) in [6, 6.07) is 9.83. The first-order chi connectivity index (χ1) is 6.72. The normalized spacial score (nSPS) is 12.1. The predicted molar refractivity (Wildman–Crippen MR) is 56.4 cm³/mol. The summed E-state index contributed by atoms with van der Waals surface area (Å²) in [5, 5.41) is 0. The van der Waals surface area contributed by atoms with Crippen molar-refractivity contribution >= 4 is 17.6 Å². The van der Waals surface area contributed by atoms with Gasteiger partial charge in [-0.2, -0.15) is 0 Å². The molecule has 0 heterocycles. The van der Waals surface area contributed by atoms with Gasteiger partial charge in [-0.1, -0.05) is 30.3 Å². The number of halogens is 1. The molecule has 0 aromatic heterocycles. The molecule has 0 N–H and O–H groups in total. The van der Waals surface area contributed by atoms with Crippen LogP contribution < -0.4 is 0 Å². The van der Waals surface area contributed by atoms with E-state index < -0.39 is 0 Å². The Morgan fingerprint density at radius 2 is 2.07 bits per heavy atom. The molecule has 3 heteroatoms. The van der Waals surface area contributed by atoms with Crippen LogP contribution in [-0.2, 0) is 16.0 Å². The Balaban J connectivity index is 2.53. The highest BCUT2D eigenvalue weighted by molar-refractivity contribution is 6.18. The Morgan fingerprint density at radius 1 is 1.43 bits per heavy atom. The van der Waals surface area contributed by atoms with Gasteiger partial charge >= 0.3 is 5.97 Å². The maximum atomic E-state index is 10.7. The molecule has 1 aromatic rings. The molecule has 0 amide bonds.